The highest BCUT2D eigenvalue weighted by molar-refractivity contribution is 7.98. The number of thioether (sulfide) groups is 1. The van der Waals surface area contributed by atoms with Crippen LogP contribution in [0.25, 0.3) is 0 Å². The molecule has 0 unspecified atom stereocenters. The van der Waals surface area contributed by atoms with Crippen molar-refractivity contribution < 1.29 is 18.4 Å². The Labute approximate surface area is 113 Å². The van der Waals surface area contributed by atoms with Gasteiger partial charge in [-0.3, -0.25) is 4.79 Å². The van der Waals surface area contributed by atoms with Crippen molar-refractivity contribution in [3.05, 3.63) is 41.8 Å². The highest BCUT2D eigenvalue weighted by Gasteiger charge is 2.12. The van der Waals surface area contributed by atoms with Crippen molar-refractivity contribution >= 4 is 17.7 Å². The van der Waals surface area contributed by atoms with Crippen LogP contribution in [0.5, 0.6) is 0 Å². The first-order chi connectivity index (χ1) is 9.19. The predicted molar refractivity (Wildman–Crippen MR) is 66.0 cm³/mol. The number of aromatic nitrogens is 2. The molecule has 0 bridgehead atoms. The molecule has 2 rings (SSSR count). The average Bonchev–Trinajstić information content (AvgIpc) is 2.85. The lowest BCUT2D eigenvalue weighted by Crippen LogP contribution is -2.04. The molecule has 0 amide bonds. The van der Waals surface area contributed by atoms with Crippen molar-refractivity contribution in [1.82, 2.24) is 10.1 Å². The molecule has 0 aliphatic carbocycles. The zero-order valence-electron chi connectivity index (χ0n) is 10.1. The minimum absolute atomic E-state index is 0.0616. The number of nitrogens with zero attached hydrogens (tertiary/aromatic N) is 2. The zero-order valence-corrected chi connectivity index (χ0v) is 10.9. The van der Waals surface area contributed by atoms with Crippen molar-refractivity contribution in [2.45, 2.75) is 17.1 Å². The van der Waals surface area contributed by atoms with Crippen molar-refractivity contribution in [2.75, 3.05) is 7.11 Å². The number of carbonyl (C=O) groups is 1. The van der Waals surface area contributed by atoms with E-state index in [1.54, 1.807) is 18.2 Å². The lowest BCUT2D eigenvalue weighted by atomic mass is 10.3. The van der Waals surface area contributed by atoms with Gasteiger partial charge in [-0.2, -0.15) is 4.98 Å². The second kappa shape index (κ2) is 6.33. The fourth-order valence-electron chi connectivity index (χ4n) is 1.32. The van der Waals surface area contributed by atoms with Gasteiger partial charge in [0.05, 0.1) is 12.9 Å². The molecule has 7 heteroatoms. The van der Waals surface area contributed by atoms with Crippen LogP contribution < -0.4 is 0 Å². The molecule has 0 spiro atoms. The lowest BCUT2D eigenvalue weighted by Gasteiger charge is -1.99. The van der Waals surface area contributed by atoms with E-state index < -0.39 is 5.97 Å². The first kappa shape index (κ1) is 13.5. The summed E-state index contributed by atoms with van der Waals surface area (Å²) in [5, 5.41) is 3.71. The Bertz CT molecular complexity index is 574. The number of esters is 1. The van der Waals surface area contributed by atoms with Gasteiger partial charge < -0.3 is 9.26 Å². The third-order valence-corrected chi connectivity index (χ3v) is 3.27. The van der Waals surface area contributed by atoms with Crippen LogP contribution in [0.2, 0.25) is 0 Å². The van der Waals surface area contributed by atoms with Crippen LogP contribution in [0.1, 0.15) is 11.7 Å². The fraction of sp³-hybridized carbons (Fsp3) is 0.250. The molecule has 1 aromatic heterocycles. The number of ether oxygens (including phenoxy) is 1. The number of carbonyl (C=O) groups excluding carboxylic acids is 1. The smallest absolute Gasteiger partial charge is 0.315 e. The summed E-state index contributed by atoms with van der Waals surface area (Å²) in [5.41, 5.74) is 0. The molecule has 1 heterocycles. The molecule has 0 fully saturated rings. The Morgan fingerprint density at radius 1 is 1.47 bits per heavy atom. The number of hydrogen-bond donors (Lipinski definition) is 0. The Kier molecular flexibility index (Phi) is 4.51. The molecule has 0 atom stereocenters. The highest BCUT2D eigenvalue weighted by Crippen LogP contribution is 2.24. The van der Waals surface area contributed by atoms with Gasteiger partial charge in [-0.05, 0) is 12.1 Å². The van der Waals surface area contributed by atoms with E-state index in [0.717, 1.165) is 0 Å². The maximum Gasteiger partial charge on any atom is 0.315 e. The number of benzene rings is 1. The Balaban J connectivity index is 1.94. The van der Waals surface area contributed by atoms with E-state index in [9.17, 15) is 9.18 Å². The van der Waals surface area contributed by atoms with E-state index in [2.05, 4.69) is 14.9 Å². The van der Waals surface area contributed by atoms with Gasteiger partial charge >= 0.3 is 5.97 Å². The summed E-state index contributed by atoms with van der Waals surface area (Å²) in [5.74, 6) is 0.233. The van der Waals surface area contributed by atoms with Crippen LogP contribution in [0.15, 0.2) is 33.7 Å². The van der Waals surface area contributed by atoms with Gasteiger partial charge in [0.15, 0.2) is 5.82 Å². The van der Waals surface area contributed by atoms with Crippen LogP contribution in [0, 0.1) is 5.82 Å². The third kappa shape index (κ3) is 3.78. The molecular formula is C12H11FN2O3S. The topological polar surface area (TPSA) is 65.2 Å². The van der Waals surface area contributed by atoms with E-state index in [0.29, 0.717) is 16.5 Å². The van der Waals surface area contributed by atoms with Crippen LogP contribution in [-0.4, -0.2) is 23.2 Å². The molecule has 5 nitrogen and oxygen atoms in total. The molecule has 0 N–H and O–H groups in total. The predicted octanol–water partition coefficient (Wildman–Crippen LogP) is 2.22. The number of hydrogen-bond acceptors (Lipinski definition) is 6. The van der Waals surface area contributed by atoms with Gasteiger partial charge in [-0.25, -0.2) is 4.39 Å². The molecule has 0 saturated heterocycles. The van der Waals surface area contributed by atoms with Crippen molar-refractivity contribution in [3.63, 3.8) is 0 Å². The maximum atomic E-state index is 13.4. The summed E-state index contributed by atoms with van der Waals surface area (Å²) in [6.45, 7) is 0. The van der Waals surface area contributed by atoms with Gasteiger partial charge in [-0.15, -0.1) is 11.8 Å². The zero-order chi connectivity index (χ0) is 13.7. The Morgan fingerprint density at radius 2 is 2.26 bits per heavy atom. The van der Waals surface area contributed by atoms with Gasteiger partial charge in [0.1, 0.15) is 12.2 Å². The summed E-state index contributed by atoms with van der Waals surface area (Å²) in [4.78, 5) is 15.5. The van der Waals surface area contributed by atoms with Crippen LogP contribution in [0.4, 0.5) is 4.39 Å². The largest absolute Gasteiger partial charge is 0.469 e. The van der Waals surface area contributed by atoms with E-state index >= 15 is 0 Å². The van der Waals surface area contributed by atoms with E-state index in [4.69, 9.17) is 4.52 Å². The average molecular weight is 282 g/mol. The number of methoxy groups -OCH3 is 1. The molecule has 0 aliphatic rings. The van der Waals surface area contributed by atoms with E-state index in [-0.39, 0.29) is 18.1 Å². The second-order valence-electron chi connectivity index (χ2n) is 3.58. The monoisotopic (exact) mass is 282 g/mol. The first-order valence-electron chi connectivity index (χ1n) is 5.44. The van der Waals surface area contributed by atoms with Crippen LogP contribution in [0.3, 0.4) is 0 Å². The fourth-order valence-corrected chi connectivity index (χ4v) is 2.10. The summed E-state index contributed by atoms with van der Waals surface area (Å²) in [7, 11) is 1.29. The summed E-state index contributed by atoms with van der Waals surface area (Å²) in [6, 6.07) is 6.45. The van der Waals surface area contributed by atoms with E-state index in [1.165, 1.54) is 24.9 Å². The van der Waals surface area contributed by atoms with E-state index in [1.807, 2.05) is 0 Å². The normalized spacial score (nSPS) is 10.4. The van der Waals surface area contributed by atoms with Crippen molar-refractivity contribution in [1.29, 1.82) is 0 Å². The summed E-state index contributed by atoms with van der Waals surface area (Å²) in [6.07, 6.45) is -0.0616. The van der Waals surface area contributed by atoms with Crippen LogP contribution in [-0.2, 0) is 21.7 Å². The highest BCUT2D eigenvalue weighted by atomic mass is 32.2. The quantitative estimate of drug-likeness (QED) is 0.619. The Morgan fingerprint density at radius 3 is 3.00 bits per heavy atom. The SMILES string of the molecule is COC(=O)Cc1nc(CSc2ccccc2F)no1. The molecule has 0 radical (unpaired) electrons. The van der Waals surface area contributed by atoms with Crippen molar-refractivity contribution in [3.8, 4) is 0 Å². The minimum atomic E-state index is -0.447. The van der Waals surface area contributed by atoms with Crippen molar-refractivity contribution in [2.24, 2.45) is 0 Å². The summed E-state index contributed by atoms with van der Waals surface area (Å²) >= 11 is 1.26. The molecule has 2 aromatic rings. The molecule has 19 heavy (non-hydrogen) atoms. The number of rotatable bonds is 5. The summed E-state index contributed by atoms with van der Waals surface area (Å²) < 4.78 is 22.7. The van der Waals surface area contributed by atoms with Gasteiger partial charge in [0.25, 0.3) is 0 Å². The maximum absolute atomic E-state index is 13.4. The molecule has 1 aromatic carbocycles. The molecular weight excluding hydrogens is 271 g/mol. The second-order valence-corrected chi connectivity index (χ2v) is 4.59. The molecule has 100 valence electrons. The third-order valence-electron chi connectivity index (χ3n) is 2.23. The van der Waals surface area contributed by atoms with Gasteiger partial charge in [0, 0.05) is 4.90 Å². The first-order valence-corrected chi connectivity index (χ1v) is 6.43. The molecule has 0 saturated carbocycles. The number of halogens is 1. The van der Waals surface area contributed by atoms with Gasteiger partial charge in [0.2, 0.25) is 5.89 Å². The lowest BCUT2D eigenvalue weighted by molar-refractivity contribution is -0.140. The van der Waals surface area contributed by atoms with Crippen LogP contribution >= 0.6 is 11.8 Å². The van der Waals surface area contributed by atoms with Gasteiger partial charge in [-0.1, -0.05) is 17.3 Å². The standard InChI is InChI=1S/C12H11FN2O3S/c1-17-12(16)6-11-14-10(15-18-11)7-19-9-5-3-2-4-8(9)13/h2-5H,6-7H2,1H3. The Hall–Kier alpha value is -1.89. The molecule has 0 aliphatic heterocycles. The minimum Gasteiger partial charge on any atom is -0.469 e.